The van der Waals surface area contributed by atoms with Gasteiger partial charge >= 0.3 is 6.61 Å². The lowest BCUT2D eigenvalue weighted by Crippen LogP contribution is -2.19. The van der Waals surface area contributed by atoms with E-state index in [4.69, 9.17) is 0 Å². The number of halogens is 2. The molecule has 1 aromatic heterocycles. The van der Waals surface area contributed by atoms with Crippen LogP contribution < -0.4 is 10.1 Å². The molecular formula is C17H15F2N5O2. The van der Waals surface area contributed by atoms with Crippen LogP contribution in [0.2, 0.25) is 0 Å². The monoisotopic (exact) mass is 359 g/mol. The second-order valence-corrected chi connectivity index (χ2v) is 5.42. The van der Waals surface area contributed by atoms with Crippen molar-refractivity contribution in [2.45, 2.75) is 19.6 Å². The minimum absolute atomic E-state index is 0.0592. The van der Waals surface area contributed by atoms with Crippen LogP contribution in [0.25, 0.3) is 0 Å². The normalized spacial score (nSPS) is 10.7. The molecule has 0 saturated heterocycles. The van der Waals surface area contributed by atoms with Crippen LogP contribution in [0.3, 0.4) is 0 Å². The van der Waals surface area contributed by atoms with E-state index < -0.39 is 6.61 Å². The van der Waals surface area contributed by atoms with E-state index in [-0.39, 0.29) is 18.2 Å². The summed E-state index contributed by atoms with van der Waals surface area (Å²) in [7, 11) is 0. The third kappa shape index (κ3) is 4.82. The second kappa shape index (κ2) is 8.15. The molecule has 0 aliphatic heterocycles. The molecule has 1 amide bonds. The number of hydrogen-bond donors (Lipinski definition) is 1. The molecule has 0 spiro atoms. The lowest BCUT2D eigenvalue weighted by molar-refractivity contribution is -0.116. The van der Waals surface area contributed by atoms with Gasteiger partial charge < -0.3 is 10.1 Å². The van der Waals surface area contributed by atoms with Crippen molar-refractivity contribution >= 4 is 11.6 Å². The first-order chi connectivity index (χ1) is 12.6. The lowest BCUT2D eigenvalue weighted by Gasteiger charge is -2.13. The number of carbonyl (C=O) groups excluding carboxylic acids is 1. The van der Waals surface area contributed by atoms with Crippen molar-refractivity contribution in [2.24, 2.45) is 0 Å². The van der Waals surface area contributed by atoms with Crippen LogP contribution in [0.4, 0.5) is 14.5 Å². The molecule has 134 valence electrons. The van der Waals surface area contributed by atoms with Gasteiger partial charge in [-0.15, -0.1) is 5.10 Å². The molecule has 3 aromatic rings. The van der Waals surface area contributed by atoms with Crippen LogP contribution in [0.5, 0.6) is 5.75 Å². The van der Waals surface area contributed by atoms with Gasteiger partial charge in [0, 0.05) is 17.7 Å². The molecule has 2 aromatic carbocycles. The Morgan fingerprint density at radius 3 is 2.69 bits per heavy atom. The molecule has 0 aliphatic carbocycles. The van der Waals surface area contributed by atoms with E-state index in [1.807, 2.05) is 30.3 Å². The Morgan fingerprint density at radius 1 is 1.19 bits per heavy atom. The van der Waals surface area contributed by atoms with E-state index in [0.29, 0.717) is 17.7 Å². The molecule has 0 aliphatic rings. The van der Waals surface area contributed by atoms with Crippen molar-refractivity contribution in [1.29, 1.82) is 0 Å². The van der Waals surface area contributed by atoms with E-state index in [0.717, 1.165) is 5.56 Å². The van der Waals surface area contributed by atoms with Gasteiger partial charge in [-0.2, -0.15) is 8.78 Å². The van der Waals surface area contributed by atoms with Gasteiger partial charge in [0.2, 0.25) is 5.91 Å². The minimum atomic E-state index is -2.93. The van der Waals surface area contributed by atoms with Gasteiger partial charge in [-0.05, 0) is 34.2 Å². The number of carbonyl (C=O) groups is 1. The van der Waals surface area contributed by atoms with Crippen LogP contribution in [-0.4, -0.2) is 32.7 Å². The van der Waals surface area contributed by atoms with Crippen molar-refractivity contribution < 1.29 is 18.3 Å². The fraction of sp³-hybridized carbons (Fsp3) is 0.176. The molecule has 1 heterocycles. The van der Waals surface area contributed by atoms with Crippen LogP contribution in [-0.2, 0) is 17.8 Å². The number of nitrogens with one attached hydrogen (secondary N) is 1. The summed E-state index contributed by atoms with van der Waals surface area (Å²) in [6, 6.07) is 13.9. The summed E-state index contributed by atoms with van der Waals surface area (Å²) in [5, 5.41) is 13.2. The van der Waals surface area contributed by atoms with E-state index in [1.165, 1.54) is 23.1 Å². The molecular weight excluding hydrogens is 344 g/mol. The third-order valence-electron chi connectivity index (χ3n) is 3.49. The average molecular weight is 359 g/mol. The van der Waals surface area contributed by atoms with E-state index in [9.17, 15) is 13.6 Å². The summed E-state index contributed by atoms with van der Waals surface area (Å²) in [5.74, 6) is -0.271. The maximum atomic E-state index is 12.6. The van der Waals surface area contributed by atoms with Gasteiger partial charge in [0.25, 0.3) is 0 Å². The van der Waals surface area contributed by atoms with Gasteiger partial charge in [0.15, 0.2) is 0 Å². The zero-order valence-corrected chi connectivity index (χ0v) is 13.5. The standard InChI is InChI=1S/C17H15F2N5O2/c18-17(19)26-15-7-6-14(21-16(25)10-24-11-20-22-23-24)9-13(15)8-12-4-2-1-3-5-12/h1-7,9,11,17H,8,10H2,(H,21,25). The maximum Gasteiger partial charge on any atom is 0.387 e. The van der Waals surface area contributed by atoms with Crippen molar-refractivity contribution in [3.8, 4) is 5.75 Å². The Labute approximate surface area is 147 Å². The number of benzene rings is 2. The maximum absolute atomic E-state index is 12.6. The zero-order chi connectivity index (χ0) is 18.4. The Hall–Kier alpha value is -3.36. The van der Waals surface area contributed by atoms with Gasteiger partial charge in [0.05, 0.1) is 0 Å². The van der Waals surface area contributed by atoms with Crippen LogP contribution >= 0.6 is 0 Å². The van der Waals surface area contributed by atoms with Crippen LogP contribution in [0.15, 0.2) is 54.9 Å². The number of hydrogen-bond acceptors (Lipinski definition) is 5. The largest absolute Gasteiger partial charge is 0.435 e. The zero-order valence-electron chi connectivity index (χ0n) is 13.5. The number of rotatable bonds is 7. The first kappa shape index (κ1) is 17.5. The highest BCUT2D eigenvalue weighted by Gasteiger charge is 2.13. The number of alkyl halides is 2. The number of amides is 1. The second-order valence-electron chi connectivity index (χ2n) is 5.42. The quantitative estimate of drug-likeness (QED) is 0.701. The van der Waals surface area contributed by atoms with Gasteiger partial charge in [-0.25, -0.2) is 4.68 Å². The molecule has 26 heavy (non-hydrogen) atoms. The molecule has 0 unspecified atom stereocenters. The first-order valence-corrected chi connectivity index (χ1v) is 7.72. The highest BCUT2D eigenvalue weighted by atomic mass is 19.3. The van der Waals surface area contributed by atoms with Crippen molar-refractivity contribution in [3.05, 3.63) is 66.0 Å². The van der Waals surface area contributed by atoms with E-state index in [2.05, 4.69) is 25.6 Å². The number of nitrogens with zero attached hydrogens (tertiary/aromatic N) is 4. The molecule has 9 heteroatoms. The third-order valence-corrected chi connectivity index (χ3v) is 3.49. The smallest absolute Gasteiger partial charge is 0.387 e. The molecule has 0 saturated carbocycles. The topological polar surface area (TPSA) is 81.9 Å². The van der Waals surface area contributed by atoms with Crippen LogP contribution in [0.1, 0.15) is 11.1 Å². The Morgan fingerprint density at radius 2 is 2.00 bits per heavy atom. The summed E-state index contributed by atoms with van der Waals surface area (Å²) in [5.41, 5.74) is 1.94. The average Bonchev–Trinajstić information content (AvgIpc) is 3.10. The van der Waals surface area contributed by atoms with Gasteiger partial charge in [0.1, 0.15) is 18.6 Å². The molecule has 7 nitrogen and oxygen atoms in total. The lowest BCUT2D eigenvalue weighted by atomic mass is 10.0. The van der Waals surface area contributed by atoms with Gasteiger partial charge in [-0.1, -0.05) is 30.3 Å². The molecule has 0 bridgehead atoms. The van der Waals surface area contributed by atoms with Crippen molar-refractivity contribution in [1.82, 2.24) is 20.2 Å². The molecule has 1 N–H and O–H groups in total. The Kier molecular flexibility index (Phi) is 5.47. The minimum Gasteiger partial charge on any atom is -0.435 e. The Bertz CT molecular complexity index is 857. The summed E-state index contributed by atoms with van der Waals surface area (Å²) < 4.78 is 31.2. The predicted octanol–water partition coefficient (Wildman–Crippen LogP) is 2.50. The van der Waals surface area contributed by atoms with Crippen molar-refractivity contribution in [3.63, 3.8) is 0 Å². The van der Waals surface area contributed by atoms with E-state index >= 15 is 0 Å². The summed E-state index contributed by atoms with van der Waals surface area (Å²) in [6.07, 6.45) is 1.71. The Balaban J connectivity index is 1.78. The fourth-order valence-corrected chi connectivity index (χ4v) is 2.42. The van der Waals surface area contributed by atoms with Crippen LogP contribution in [0, 0.1) is 0 Å². The van der Waals surface area contributed by atoms with Gasteiger partial charge in [-0.3, -0.25) is 4.79 Å². The molecule has 0 radical (unpaired) electrons. The first-order valence-electron chi connectivity index (χ1n) is 7.72. The highest BCUT2D eigenvalue weighted by molar-refractivity contribution is 5.90. The predicted molar refractivity (Wildman–Crippen MR) is 88.8 cm³/mol. The SMILES string of the molecule is O=C(Cn1cnnn1)Nc1ccc(OC(F)F)c(Cc2ccccc2)c1. The number of ether oxygens (including phenoxy) is 1. The number of aromatic nitrogens is 4. The van der Waals surface area contributed by atoms with Crippen molar-refractivity contribution in [2.75, 3.05) is 5.32 Å². The van der Waals surface area contributed by atoms with E-state index in [1.54, 1.807) is 6.07 Å². The fourth-order valence-electron chi connectivity index (χ4n) is 2.42. The summed E-state index contributed by atoms with van der Waals surface area (Å²) >= 11 is 0. The summed E-state index contributed by atoms with van der Waals surface area (Å²) in [6.45, 7) is -2.99. The number of anilines is 1. The highest BCUT2D eigenvalue weighted by Crippen LogP contribution is 2.27. The summed E-state index contributed by atoms with van der Waals surface area (Å²) in [4.78, 5) is 12.0. The number of tetrazole rings is 1. The molecule has 0 fully saturated rings. The molecule has 3 rings (SSSR count). The molecule has 0 atom stereocenters.